The molecule has 24 heavy (non-hydrogen) atoms. The molecule has 3 aliphatic rings. The second-order valence-corrected chi connectivity index (χ2v) is 10.00. The van der Waals surface area contributed by atoms with Crippen LogP contribution in [0.25, 0.3) is 0 Å². The van der Waals surface area contributed by atoms with Crippen LogP contribution in [-0.2, 0) is 14.9 Å². The van der Waals surface area contributed by atoms with Crippen LogP contribution in [0.4, 0.5) is 0 Å². The normalized spacial score (nSPS) is 30.7. The van der Waals surface area contributed by atoms with Crippen molar-refractivity contribution >= 4 is 10.2 Å². The molecule has 0 amide bonds. The highest BCUT2D eigenvalue weighted by molar-refractivity contribution is 7.86. The molecule has 0 aromatic rings. The Morgan fingerprint density at radius 1 is 1.04 bits per heavy atom. The number of ether oxygens (including phenoxy) is 1. The van der Waals surface area contributed by atoms with Gasteiger partial charge in [0.05, 0.1) is 6.61 Å². The molecule has 0 aromatic heterocycles. The average Bonchev–Trinajstić information content (AvgIpc) is 2.56. The number of hydrogen-bond acceptors (Lipinski definition) is 4. The highest BCUT2D eigenvalue weighted by atomic mass is 32.2. The Bertz CT molecular complexity index is 515. The summed E-state index contributed by atoms with van der Waals surface area (Å²) >= 11 is 0. The van der Waals surface area contributed by atoms with E-state index in [1.165, 1.54) is 19.4 Å². The van der Waals surface area contributed by atoms with Crippen molar-refractivity contribution in [1.82, 2.24) is 13.5 Å². The van der Waals surface area contributed by atoms with E-state index >= 15 is 0 Å². The zero-order valence-corrected chi connectivity index (χ0v) is 16.1. The summed E-state index contributed by atoms with van der Waals surface area (Å²) in [6.07, 6.45) is 6.52. The number of methoxy groups -OCH3 is 1. The van der Waals surface area contributed by atoms with Crippen LogP contribution in [-0.4, -0.2) is 82.0 Å². The van der Waals surface area contributed by atoms with Crippen molar-refractivity contribution in [3.8, 4) is 0 Å². The van der Waals surface area contributed by atoms with E-state index in [0.29, 0.717) is 44.1 Å². The molecule has 1 unspecified atom stereocenters. The zero-order chi connectivity index (χ0) is 17.2. The Morgan fingerprint density at radius 2 is 1.79 bits per heavy atom. The molecule has 0 aromatic carbocycles. The Hall–Kier alpha value is -0.210. The van der Waals surface area contributed by atoms with E-state index in [2.05, 4.69) is 11.9 Å². The first kappa shape index (κ1) is 18.6. The van der Waals surface area contributed by atoms with Crippen molar-refractivity contribution in [1.29, 1.82) is 0 Å². The van der Waals surface area contributed by atoms with E-state index in [9.17, 15) is 8.42 Å². The Balaban J connectivity index is 1.60. The number of nitrogens with zero attached hydrogens (tertiary/aromatic N) is 3. The third-order valence-electron chi connectivity index (χ3n) is 6.17. The first-order valence-corrected chi connectivity index (χ1v) is 10.8. The zero-order valence-electron chi connectivity index (χ0n) is 15.2. The minimum absolute atomic E-state index is 0.335. The smallest absolute Gasteiger partial charge is 0.281 e. The summed E-state index contributed by atoms with van der Waals surface area (Å²) in [5.41, 5.74) is 0.347. The first-order valence-electron chi connectivity index (χ1n) is 9.38. The maximum atomic E-state index is 13.0. The molecule has 3 saturated heterocycles. The summed E-state index contributed by atoms with van der Waals surface area (Å²) in [5.74, 6) is 0.335. The van der Waals surface area contributed by atoms with Gasteiger partial charge in [0, 0.05) is 39.8 Å². The van der Waals surface area contributed by atoms with E-state index in [1.807, 2.05) is 0 Å². The summed E-state index contributed by atoms with van der Waals surface area (Å²) in [5, 5.41) is 0. The highest BCUT2D eigenvalue weighted by Crippen LogP contribution is 2.40. The van der Waals surface area contributed by atoms with E-state index in [1.54, 1.807) is 15.7 Å². The molecule has 1 spiro atoms. The SMILES string of the molecule is COCC1CCCN(S(=O)(=O)N2CCC3(CCCN(C)C3)CC2)C1. The molecule has 6 nitrogen and oxygen atoms in total. The molecule has 0 saturated carbocycles. The van der Waals surface area contributed by atoms with Gasteiger partial charge in [-0.2, -0.15) is 17.0 Å². The van der Waals surface area contributed by atoms with Crippen LogP contribution in [0.3, 0.4) is 0 Å². The number of rotatable bonds is 4. The minimum Gasteiger partial charge on any atom is -0.384 e. The van der Waals surface area contributed by atoms with Crippen molar-refractivity contribution in [2.75, 3.05) is 60.0 Å². The molecule has 3 fully saturated rings. The van der Waals surface area contributed by atoms with Crippen molar-refractivity contribution < 1.29 is 13.2 Å². The van der Waals surface area contributed by atoms with E-state index in [4.69, 9.17) is 4.74 Å². The van der Waals surface area contributed by atoms with Crippen LogP contribution in [0.1, 0.15) is 38.5 Å². The van der Waals surface area contributed by atoms with Gasteiger partial charge in [0.2, 0.25) is 0 Å². The van der Waals surface area contributed by atoms with Gasteiger partial charge < -0.3 is 9.64 Å². The second kappa shape index (κ2) is 7.58. The molecule has 0 bridgehead atoms. The summed E-state index contributed by atoms with van der Waals surface area (Å²) in [4.78, 5) is 2.41. The molecule has 0 aliphatic carbocycles. The Kier molecular flexibility index (Phi) is 5.87. The quantitative estimate of drug-likeness (QED) is 0.761. The minimum atomic E-state index is -3.31. The van der Waals surface area contributed by atoms with Gasteiger partial charge in [-0.1, -0.05) is 0 Å². The topological polar surface area (TPSA) is 53.1 Å². The van der Waals surface area contributed by atoms with E-state index in [-0.39, 0.29) is 0 Å². The van der Waals surface area contributed by atoms with Crippen molar-refractivity contribution in [2.45, 2.75) is 38.5 Å². The fraction of sp³-hybridized carbons (Fsp3) is 1.00. The summed E-state index contributed by atoms with van der Waals surface area (Å²) < 4.78 is 34.7. The van der Waals surface area contributed by atoms with Gasteiger partial charge in [-0.3, -0.25) is 0 Å². The average molecular weight is 360 g/mol. The van der Waals surface area contributed by atoms with Crippen LogP contribution >= 0.6 is 0 Å². The highest BCUT2D eigenvalue weighted by Gasteiger charge is 2.42. The van der Waals surface area contributed by atoms with Gasteiger partial charge in [-0.25, -0.2) is 0 Å². The van der Waals surface area contributed by atoms with E-state index in [0.717, 1.165) is 32.2 Å². The Morgan fingerprint density at radius 3 is 2.46 bits per heavy atom. The fourth-order valence-corrected chi connectivity index (χ4v) is 6.56. The summed E-state index contributed by atoms with van der Waals surface area (Å²) in [7, 11) is 0.574. The molecule has 140 valence electrons. The molecule has 3 rings (SSSR count). The predicted octanol–water partition coefficient (Wildman–Crippen LogP) is 1.40. The summed E-state index contributed by atoms with van der Waals surface area (Å²) in [6, 6.07) is 0. The fourth-order valence-electron chi connectivity index (χ4n) is 4.83. The van der Waals surface area contributed by atoms with Gasteiger partial charge in [-0.05, 0) is 63.5 Å². The van der Waals surface area contributed by atoms with Gasteiger partial charge in [0.1, 0.15) is 0 Å². The largest absolute Gasteiger partial charge is 0.384 e. The van der Waals surface area contributed by atoms with Gasteiger partial charge >= 0.3 is 0 Å². The van der Waals surface area contributed by atoms with Crippen LogP contribution in [0, 0.1) is 11.3 Å². The molecule has 3 heterocycles. The van der Waals surface area contributed by atoms with Crippen molar-refractivity contribution in [3.63, 3.8) is 0 Å². The van der Waals surface area contributed by atoms with Gasteiger partial charge in [-0.15, -0.1) is 0 Å². The molecule has 3 aliphatic heterocycles. The molecular weight excluding hydrogens is 326 g/mol. The lowest BCUT2D eigenvalue weighted by atomic mass is 9.73. The number of likely N-dealkylation sites (tertiary alicyclic amines) is 1. The maximum Gasteiger partial charge on any atom is 0.281 e. The van der Waals surface area contributed by atoms with Crippen molar-refractivity contribution in [3.05, 3.63) is 0 Å². The third-order valence-corrected chi connectivity index (χ3v) is 8.17. The lowest BCUT2D eigenvalue weighted by molar-refractivity contribution is 0.0537. The molecule has 0 radical (unpaired) electrons. The second-order valence-electron chi connectivity index (χ2n) is 8.07. The Labute approximate surface area is 147 Å². The number of hydrogen-bond donors (Lipinski definition) is 0. The first-order chi connectivity index (χ1) is 11.5. The number of piperidine rings is 3. The van der Waals surface area contributed by atoms with Crippen molar-refractivity contribution in [2.24, 2.45) is 11.3 Å². The monoisotopic (exact) mass is 359 g/mol. The van der Waals surface area contributed by atoms with Crippen LogP contribution in [0.2, 0.25) is 0 Å². The predicted molar refractivity (Wildman–Crippen MR) is 95.1 cm³/mol. The van der Waals surface area contributed by atoms with Crippen LogP contribution in [0.5, 0.6) is 0 Å². The van der Waals surface area contributed by atoms with Crippen LogP contribution < -0.4 is 0 Å². The maximum absolute atomic E-state index is 13.0. The standard InChI is InChI=1S/C17H33N3O3S/c1-18-9-4-6-17(15-18)7-11-19(12-8-17)24(21,22)20-10-3-5-16(13-20)14-23-2/h16H,3-15H2,1-2H3. The lowest BCUT2D eigenvalue weighted by Gasteiger charge is -2.47. The molecule has 7 heteroatoms. The summed E-state index contributed by atoms with van der Waals surface area (Å²) in [6.45, 7) is 5.59. The third kappa shape index (κ3) is 3.96. The van der Waals surface area contributed by atoms with E-state index < -0.39 is 10.2 Å². The molecule has 0 N–H and O–H groups in total. The molecular formula is C17H33N3O3S. The van der Waals surface area contributed by atoms with Gasteiger partial charge in [0.25, 0.3) is 10.2 Å². The van der Waals surface area contributed by atoms with Crippen LogP contribution in [0.15, 0.2) is 0 Å². The molecule has 1 atom stereocenters. The van der Waals surface area contributed by atoms with Gasteiger partial charge in [0.15, 0.2) is 0 Å². The lowest BCUT2D eigenvalue weighted by Crippen LogP contribution is -2.54.